The van der Waals surface area contributed by atoms with Gasteiger partial charge in [0.15, 0.2) is 0 Å². The molecule has 1 fully saturated rings. The van der Waals surface area contributed by atoms with E-state index in [1.54, 1.807) is 0 Å². The lowest BCUT2D eigenvalue weighted by Gasteiger charge is -2.33. The smallest absolute Gasteiger partial charge is 0.0349 e. The molecule has 0 nitrogen and oxygen atoms in total. The van der Waals surface area contributed by atoms with Crippen molar-refractivity contribution >= 4 is 0 Å². The minimum atomic E-state index is 0.595. The first-order chi connectivity index (χ1) is 4.10. The highest BCUT2D eigenvalue weighted by Gasteiger charge is 2.24. The van der Waals surface area contributed by atoms with Gasteiger partial charge in [-0.1, -0.05) is 20.8 Å². The zero-order valence-corrected chi connectivity index (χ0v) is 6.78. The van der Waals surface area contributed by atoms with Crippen LogP contribution >= 0.6 is 0 Å². The van der Waals surface area contributed by atoms with Gasteiger partial charge in [0.1, 0.15) is 0 Å². The molecule has 0 heteroatoms. The highest BCUT2D eigenvalue weighted by molar-refractivity contribution is 4.86. The molecule has 0 bridgehead atoms. The van der Waals surface area contributed by atoms with Crippen molar-refractivity contribution in [2.75, 3.05) is 0 Å². The van der Waals surface area contributed by atoms with E-state index in [4.69, 9.17) is 0 Å². The quantitative estimate of drug-likeness (QED) is 0.467. The van der Waals surface area contributed by atoms with Crippen LogP contribution in [-0.2, 0) is 0 Å². The van der Waals surface area contributed by atoms with Crippen molar-refractivity contribution in [2.24, 2.45) is 11.3 Å². The average Bonchev–Trinajstić information content (AvgIpc) is 1.60. The van der Waals surface area contributed by atoms with Crippen LogP contribution in [0.4, 0.5) is 0 Å². The summed E-state index contributed by atoms with van der Waals surface area (Å²) in [5, 5.41) is 0. The van der Waals surface area contributed by atoms with Crippen LogP contribution < -0.4 is 0 Å². The Morgan fingerprint density at radius 1 is 1.44 bits per heavy atom. The van der Waals surface area contributed by atoms with E-state index in [-0.39, 0.29) is 0 Å². The summed E-state index contributed by atoms with van der Waals surface area (Å²) < 4.78 is 0. The zero-order chi connectivity index (χ0) is 6.91. The van der Waals surface area contributed by atoms with E-state index < -0.39 is 0 Å². The topological polar surface area (TPSA) is 0 Å². The van der Waals surface area contributed by atoms with Crippen molar-refractivity contribution in [3.63, 3.8) is 0 Å². The summed E-state index contributed by atoms with van der Waals surface area (Å²) in [5.41, 5.74) is 0.595. The summed E-state index contributed by atoms with van der Waals surface area (Å²) in [6, 6.07) is 0. The Bertz CT molecular complexity index is 92.2. The van der Waals surface area contributed by atoms with Gasteiger partial charge in [-0.3, -0.25) is 0 Å². The van der Waals surface area contributed by atoms with Crippen LogP contribution in [0.5, 0.6) is 0 Å². The number of rotatable bonds is 0. The van der Waals surface area contributed by atoms with Crippen molar-refractivity contribution < 1.29 is 0 Å². The lowest BCUT2D eigenvalue weighted by Crippen LogP contribution is -2.20. The van der Waals surface area contributed by atoms with E-state index in [1.807, 2.05) is 0 Å². The molecule has 0 spiro atoms. The maximum absolute atomic E-state index is 2.44. The Balaban J connectivity index is 2.41. The summed E-state index contributed by atoms with van der Waals surface area (Å²) >= 11 is 0. The Morgan fingerprint density at radius 2 is 2.11 bits per heavy atom. The summed E-state index contributed by atoms with van der Waals surface area (Å²) in [6.45, 7) is 7.07. The van der Waals surface area contributed by atoms with Crippen molar-refractivity contribution in [3.8, 4) is 0 Å². The van der Waals surface area contributed by atoms with Gasteiger partial charge in [-0.25, -0.2) is 0 Å². The maximum Gasteiger partial charge on any atom is -0.0349 e. The van der Waals surface area contributed by atoms with Gasteiger partial charge in [-0.15, -0.1) is 0 Å². The fraction of sp³-hybridized carbons (Fsp3) is 0.889. The Labute approximate surface area is 58.7 Å². The van der Waals surface area contributed by atoms with E-state index in [1.165, 1.54) is 19.3 Å². The van der Waals surface area contributed by atoms with E-state index >= 15 is 0 Å². The molecule has 1 aliphatic carbocycles. The van der Waals surface area contributed by atoms with Gasteiger partial charge in [0.25, 0.3) is 0 Å². The maximum atomic E-state index is 2.44. The molecular formula is C9H17. The van der Waals surface area contributed by atoms with Gasteiger partial charge in [0.05, 0.1) is 0 Å². The molecule has 0 heterocycles. The highest BCUT2D eigenvalue weighted by Crippen LogP contribution is 2.37. The molecular weight excluding hydrogens is 108 g/mol. The van der Waals surface area contributed by atoms with Gasteiger partial charge >= 0.3 is 0 Å². The van der Waals surface area contributed by atoms with Crippen LogP contribution in [0, 0.1) is 17.8 Å². The fourth-order valence-electron chi connectivity index (χ4n) is 1.87. The summed E-state index contributed by atoms with van der Waals surface area (Å²) in [7, 11) is 0. The lowest BCUT2D eigenvalue weighted by molar-refractivity contribution is 0.231. The van der Waals surface area contributed by atoms with Crippen molar-refractivity contribution in [3.05, 3.63) is 6.42 Å². The Kier molecular flexibility index (Phi) is 1.83. The van der Waals surface area contributed by atoms with E-state index in [2.05, 4.69) is 27.2 Å². The third-order valence-corrected chi connectivity index (χ3v) is 2.17. The van der Waals surface area contributed by atoms with Crippen LogP contribution in [0.15, 0.2) is 0 Å². The third-order valence-electron chi connectivity index (χ3n) is 2.17. The second-order valence-electron chi connectivity index (χ2n) is 4.20. The first-order valence-electron chi connectivity index (χ1n) is 3.92. The largest absolute Gasteiger partial charge is 0.0625 e. The molecule has 1 aliphatic rings. The lowest BCUT2D eigenvalue weighted by atomic mass is 9.73. The Morgan fingerprint density at radius 3 is 2.44 bits per heavy atom. The Hall–Kier alpha value is 0. The first kappa shape index (κ1) is 7.11. The molecule has 1 saturated carbocycles. The predicted molar refractivity (Wildman–Crippen MR) is 41.1 cm³/mol. The van der Waals surface area contributed by atoms with Gasteiger partial charge in [-0.2, -0.15) is 0 Å². The van der Waals surface area contributed by atoms with Crippen LogP contribution in [0.1, 0.15) is 40.0 Å². The van der Waals surface area contributed by atoms with E-state index in [9.17, 15) is 0 Å². The molecule has 0 unspecified atom stereocenters. The molecule has 0 N–H and O–H groups in total. The van der Waals surface area contributed by atoms with Crippen LogP contribution in [0.25, 0.3) is 0 Å². The van der Waals surface area contributed by atoms with Crippen LogP contribution in [0.3, 0.4) is 0 Å². The minimum Gasteiger partial charge on any atom is -0.0625 e. The molecule has 1 atom stereocenters. The fourth-order valence-corrected chi connectivity index (χ4v) is 1.87. The van der Waals surface area contributed by atoms with Crippen LogP contribution in [0.2, 0.25) is 0 Å². The molecule has 0 aliphatic heterocycles. The van der Waals surface area contributed by atoms with Crippen LogP contribution in [-0.4, -0.2) is 0 Å². The molecule has 1 rings (SSSR count). The number of hydrogen-bond donors (Lipinski definition) is 0. The third kappa shape index (κ3) is 2.00. The SMILES string of the molecule is C[C@H]1C[CH]CC(C)(C)C1. The predicted octanol–water partition coefficient (Wildman–Crippen LogP) is 3.04. The molecule has 0 aromatic rings. The molecule has 1 radical (unpaired) electrons. The monoisotopic (exact) mass is 125 g/mol. The van der Waals surface area contributed by atoms with Crippen molar-refractivity contribution in [1.29, 1.82) is 0 Å². The second-order valence-corrected chi connectivity index (χ2v) is 4.20. The van der Waals surface area contributed by atoms with Gasteiger partial charge < -0.3 is 0 Å². The van der Waals surface area contributed by atoms with Gasteiger partial charge in [0, 0.05) is 0 Å². The van der Waals surface area contributed by atoms with Crippen molar-refractivity contribution in [1.82, 2.24) is 0 Å². The molecule has 0 aromatic carbocycles. The summed E-state index contributed by atoms with van der Waals surface area (Å²) in [4.78, 5) is 0. The number of hydrogen-bond acceptors (Lipinski definition) is 0. The standard InChI is InChI=1S/C9H17/c1-8-5-4-6-9(2,3)7-8/h4,8H,5-7H2,1-3H3/t8-/m0/s1. The van der Waals surface area contributed by atoms with E-state index in [0.717, 1.165) is 5.92 Å². The molecule has 9 heavy (non-hydrogen) atoms. The summed E-state index contributed by atoms with van der Waals surface area (Å²) in [5.74, 6) is 0.925. The average molecular weight is 125 g/mol. The van der Waals surface area contributed by atoms with Gasteiger partial charge in [0.2, 0.25) is 0 Å². The molecule has 0 saturated heterocycles. The molecule has 0 amide bonds. The van der Waals surface area contributed by atoms with E-state index in [0.29, 0.717) is 5.41 Å². The molecule has 53 valence electrons. The zero-order valence-electron chi connectivity index (χ0n) is 6.78. The van der Waals surface area contributed by atoms with Crippen molar-refractivity contribution in [2.45, 2.75) is 40.0 Å². The molecule has 0 aromatic heterocycles. The normalized spacial score (nSPS) is 34.3. The van der Waals surface area contributed by atoms with Gasteiger partial charge in [-0.05, 0) is 37.0 Å². The summed E-state index contributed by atoms with van der Waals surface area (Å²) in [6.07, 6.45) is 6.50. The highest BCUT2D eigenvalue weighted by atomic mass is 14.3. The second kappa shape index (κ2) is 2.32. The minimum absolute atomic E-state index is 0.595. The first-order valence-corrected chi connectivity index (χ1v) is 3.92.